The zero-order valence-corrected chi connectivity index (χ0v) is 8.21. The Morgan fingerprint density at radius 2 is 1.50 bits per heavy atom. The molecule has 0 unspecified atom stereocenters. The number of rotatable bonds is 0. The SMILES string of the molecule is CC1=C(C)C2(F)CCC1(C)CC2. The summed E-state index contributed by atoms with van der Waals surface area (Å²) in [5, 5.41) is 0. The summed E-state index contributed by atoms with van der Waals surface area (Å²) in [5.41, 5.74) is 1.75. The maximum atomic E-state index is 14.1. The van der Waals surface area contributed by atoms with E-state index in [0.29, 0.717) is 5.41 Å². The molecule has 0 radical (unpaired) electrons. The Hall–Kier alpha value is -0.330. The van der Waals surface area contributed by atoms with E-state index in [-0.39, 0.29) is 0 Å². The maximum absolute atomic E-state index is 14.1. The zero-order valence-electron chi connectivity index (χ0n) is 8.21. The first-order valence-corrected chi connectivity index (χ1v) is 4.85. The quantitative estimate of drug-likeness (QED) is 0.484. The van der Waals surface area contributed by atoms with Crippen LogP contribution in [-0.4, -0.2) is 5.67 Å². The van der Waals surface area contributed by atoms with E-state index in [0.717, 1.165) is 31.3 Å². The van der Waals surface area contributed by atoms with Gasteiger partial charge in [0.05, 0.1) is 0 Å². The standard InChI is InChI=1S/C11H17F/c1-8-9(2)11(12)6-4-10(8,3)5-7-11/h4-7H2,1-3H3. The third-order valence-electron chi connectivity index (χ3n) is 4.29. The molecule has 1 saturated carbocycles. The normalized spacial score (nSPS) is 47.0. The minimum Gasteiger partial charge on any atom is -0.239 e. The molecule has 0 atom stereocenters. The van der Waals surface area contributed by atoms with Crippen LogP contribution in [0.5, 0.6) is 0 Å². The number of halogens is 1. The molecule has 0 aromatic heterocycles. The Morgan fingerprint density at radius 1 is 1.00 bits per heavy atom. The number of hydrogen-bond acceptors (Lipinski definition) is 0. The highest BCUT2D eigenvalue weighted by Gasteiger charge is 2.48. The Bertz CT molecular complexity index is 216. The second-order valence-corrected chi connectivity index (χ2v) is 4.78. The summed E-state index contributed by atoms with van der Waals surface area (Å²) in [7, 11) is 0. The van der Waals surface area contributed by atoms with E-state index in [4.69, 9.17) is 0 Å². The van der Waals surface area contributed by atoms with Crippen LogP contribution in [0.4, 0.5) is 4.39 Å². The van der Waals surface area contributed by atoms with Crippen molar-refractivity contribution in [3.8, 4) is 0 Å². The summed E-state index contributed by atoms with van der Waals surface area (Å²) in [6, 6.07) is 0. The molecule has 1 fully saturated rings. The Morgan fingerprint density at radius 3 is 1.92 bits per heavy atom. The Kier molecular flexibility index (Phi) is 1.47. The van der Waals surface area contributed by atoms with Crippen LogP contribution in [0, 0.1) is 5.41 Å². The first kappa shape index (κ1) is 8.28. The van der Waals surface area contributed by atoms with Crippen LogP contribution in [-0.2, 0) is 0 Å². The minimum absolute atomic E-state index is 0.331. The van der Waals surface area contributed by atoms with Gasteiger partial charge in [-0.05, 0) is 50.5 Å². The van der Waals surface area contributed by atoms with Crippen molar-refractivity contribution >= 4 is 0 Å². The van der Waals surface area contributed by atoms with Gasteiger partial charge < -0.3 is 0 Å². The molecule has 0 nitrogen and oxygen atoms in total. The van der Waals surface area contributed by atoms with Gasteiger partial charge in [-0.15, -0.1) is 0 Å². The fraction of sp³-hybridized carbons (Fsp3) is 0.818. The van der Waals surface area contributed by atoms with Gasteiger partial charge in [0.2, 0.25) is 0 Å². The molecule has 0 saturated heterocycles. The van der Waals surface area contributed by atoms with E-state index in [1.165, 1.54) is 5.57 Å². The molecule has 1 heteroatoms. The summed E-state index contributed by atoms with van der Waals surface area (Å²) >= 11 is 0. The van der Waals surface area contributed by atoms with Crippen LogP contribution >= 0.6 is 0 Å². The number of hydrogen-bond donors (Lipinski definition) is 0. The predicted octanol–water partition coefficient (Wildman–Crippen LogP) is 3.63. The summed E-state index contributed by atoms with van der Waals surface area (Å²) in [6.07, 6.45) is 3.61. The largest absolute Gasteiger partial charge is 0.239 e. The van der Waals surface area contributed by atoms with Gasteiger partial charge in [0.25, 0.3) is 0 Å². The first-order chi connectivity index (χ1) is 5.48. The van der Waals surface area contributed by atoms with E-state index in [9.17, 15) is 4.39 Å². The van der Waals surface area contributed by atoms with Crippen LogP contribution < -0.4 is 0 Å². The predicted molar refractivity (Wildman–Crippen MR) is 48.8 cm³/mol. The molecule has 0 aromatic rings. The van der Waals surface area contributed by atoms with Crippen molar-refractivity contribution in [3.05, 3.63) is 11.1 Å². The van der Waals surface area contributed by atoms with Crippen LogP contribution in [0.2, 0.25) is 0 Å². The van der Waals surface area contributed by atoms with Gasteiger partial charge in [0.1, 0.15) is 5.67 Å². The molecule has 0 N–H and O–H groups in total. The van der Waals surface area contributed by atoms with Crippen molar-refractivity contribution in [2.45, 2.75) is 52.1 Å². The van der Waals surface area contributed by atoms with Crippen LogP contribution in [0.15, 0.2) is 11.1 Å². The van der Waals surface area contributed by atoms with Crippen LogP contribution in [0.3, 0.4) is 0 Å². The van der Waals surface area contributed by atoms with E-state index in [1.807, 2.05) is 6.92 Å². The van der Waals surface area contributed by atoms with Gasteiger partial charge in [-0.1, -0.05) is 12.5 Å². The lowest BCUT2D eigenvalue weighted by molar-refractivity contribution is 0.0652. The molecule has 0 aromatic carbocycles. The fourth-order valence-corrected chi connectivity index (χ4v) is 2.74. The fourth-order valence-electron chi connectivity index (χ4n) is 2.74. The lowest BCUT2D eigenvalue weighted by Crippen LogP contribution is -2.42. The number of allylic oxidation sites excluding steroid dienone is 2. The highest BCUT2D eigenvalue weighted by Crippen LogP contribution is 2.56. The molecule has 3 aliphatic carbocycles. The Labute approximate surface area is 73.9 Å². The minimum atomic E-state index is -0.929. The molecular weight excluding hydrogens is 151 g/mol. The Balaban J connectivity index is 2.52. The highest BCUT2D eigenvalue weighted by atomic mass is 19.1. The summed E-state index contributed by atoms with van der Waals surface area (Å²) in [4.78, 5) is 0. The summed E-state index contributed by atoms with van der Waals surface area (Å²) in [6.45, 7) is 6.37. The van der Waals surface area contributed by atoms with Gasteiger partial charge in [-0.2, -0.15) is 0 Å². The first-order valence-electron chi connectivity index (χ1n) is 4.85. The molecule has 0 aliphatic heterocycles. The van der Waals surface area contributed by atoms with Gasteiger partial charge in [-0.3, -0.25) is 0 Å². The average molecular weight is 168 g/mol. The molecular formula is C11H17F. The molecule has 3 rings (SSSR count). The summed E-state index contributed by atoms with van der Waals surface area (Å²) < 4.78 is 14.1. The maximum Gasteiger partial charge on any atom is 0.132 e. The van der Waals surface area contributed by atoms with Crippen molar-refractivity contribution in [1.29, 1.82) is 0 Å². The zero-order chi connectivity index (χ0) is 8.98. The van der Waals surface area contributed by atoms with Crippen molar-refractivity contribution in [3.63, 3.8) is 0 Å². The average Bonchev–Trinajstić information content (AvgIpc) is 2.06. The van der Waals surface area contributed by atoms with Crippen molar-refractivity contribution in [2.24, 2.45) is 5.41 Å². The van der Waals surface area contributed by atoms with Crippen LogP contribution in [0.25, 0.3) is 0 Å². The van der Waals surface area contributed by atoms with Crippen molar-refractivity contribution in [2.75, 3.05) is 0 Å². The monoisotopic (exact) mass is 168 g/mol. The van der Waals surface area contributed by atoms with E-state index < -0.39 is 5.67 Å². The molecule has 68 valence electrons. The lowest BCUT2D eigenvalue weighted by Gasteiger charge is -2.49. The number of alkyl halides is 1. The topological polar surface area (TPSA) is 0 Å². The third kappa shape index (κ3) is 0.826. The molecule has 12 heavy (non-hydrogen) atoms. The van der Waals surface area contributed by atoms with Crippen LogP contribution in [0.1, 0.15) is 46.5 Å². The molecule has 0 heterocycles. The smallest absolute Gasteiger partial charge is 0.132 e. The second kappa shape index (κ2) is 2.12. The molecule has 3 aliphatic rings. The van der Waals surface area contributed by atoms with E-state index in [2.05, 4.69) is 13.8 Å². The van der Waals surface area contributed by atoms with Gasteiger partial charge in [0, 0.05) is 0 Å². The van der Waals surface area contributed by atoms with Gasteiger partial charge in [0.15, 0.2) is 0 Å². The third-order valence-corrected chi connectivity index (χ3v) is 4.29. The second-order valence-electron chi connectivity index (χ2n) is 4.78. The van der Waals surface area contributed by atoms with Crippen molar-refractivity contribution < 1.29 is 4.39 Å². The molecule has 0 spiro atoms. The molecule has 2 bridgehead atoms. The summed E-state index contributed by atoms with van der Waals surface area (Å²) in [5.74, 6) is 0. The van der Waals surface area contributed by atoms with E-state index >= 15 is 0 Å². The molecule has 0 amide bonds. The highest BCUT2D eigenvalue weighted by molar-refractivity contribution is 5.33. The van der Waals surface area contributed by atoms with E-state index in [1.54, 1.807) is 0 Å². The van der Waals surface area contributed by atoms with Gasteiger partial charge in [-0.25, -0.2) is 4.39 Å². The number of fused-ring (bicyclic) bond motifs is 2. The van der Waals surface area contributed by atoms with Crippen molar-refractivity contribution in [1.82, 2.24) is 0 Å². The lowest BCUT2D eigenvalue weighted by atomic mass is 9.58. The van der Waals surface area contributed by atoms with Gasteiger partial charge >= 0.3 is 0 Å².